The fourth-order valence-electron chi connectivity index (χ4n) is 4.69. The largest absolute Gasteiger partial charge is 0.369 e. The molecule has 0 aliphatic carbocycles. The number of aryl methyl sites for hydroxylation is 1. The topological polar surface area (TPSA) is 66.7 Å². The number of aromatic nitrogens is 2. The van der Waals surface area contributed by atoms with Gasteiger partial charge in [0, 0.05) is 19.3 Å². The summed E-state index contributed by atoms with van der Waals surface area (Å²) in [6.45, 7) is 7.71. The average Bonchev–Trinajstić information content (AvgIpc) is 3.17. The van der Waals surface area contributed by atoms with Gasteiger partial charge in [0.15, 0.2) is 0 Å². The number of anilines is 1. The van der Waals surface area contributed by atoms with Gasteiger partial charge in [0.05, 0.1) is 10.5 Å². The number of carbonyl (C=O) groups is 1. The SMILES string of the molecule is CCCCCCCCCCCCN1C(=O)/C(=C\c2c(NCCCCC)nc3ccc(C)cn3c2=O)SC1=S. The third kappa shape index (κ3) is 8.67. The summed E-state index contributed by atoms with van der Waals surface area (Å²) in [6, 6.07) is 3.80. The van der Waals surface area contributed by atoms with Gasteiger partial charge in [0.2, 0.25) is 0 Å². The highest BCUT2D eigenvalue weighted by Gasteiger charge is 2.32. The maximum atomic E-state index is 13.5. The van der Waals surface area contributed by atoms with Gasteiger partial charge in [-0.2, -0.15) is 0 Å². The van der Waals surface area contributed by atoms with Crippen LogP contribution in [0.4, 0.5) is 5.82 Å². The van der Waals surface area contributed by atoms with Crippen molar-refractivity contribution in [2.24, 2.45) is 0 Å². The number of thiocarbonyl (C=S) groups is 1. The van der Waals surface area contributed by atoms with Crippen LogP contribution in [0, 0.1) is 6.92 Å². The molecular formula is C30H44N4O2S2. The van der Waals surface area contributed by atoms with E-state index >= 15 is 0 Å². The number of fused-ring (bicyclic) bond motifs is 1. The molecule has 1 aliphatic rings. The second kappa shape index (κ2) is 16.0. The molecule has 38 heavy (non-hydrogen) atoms. The van der Waals surface area contributed by atoms with E-state index in [2.05, 4.69) is 19.2 Å². The molecule has 3 heterocycles. The van der Waals surface area contributed by atoms with E-state index in [4.69, 9.17) is 17.2 Å². The Kier molecular flexibility index (Phi) is 12.8. The van der Waals surface area contributed by atoms with Crippen LogP contribution in [0.2, 0.25) is 0 Å². The second-order valence-electron chi connectivity index (χ2n) is 10.3. The molecule has 6 nitrogen and oxygen atoms in total. The van der Waals surface area contributed by atoms with Crippen LogP contribution in [-0.2, 0) is 4.79 Å². The molecule has 208 valence electrons. The van der Waals surface area contributed by atoms with Crippen LogP contribution in [0.25, 0.3) is 11.7 Å². The summed E-state index contributed by atoms with van der Waals surface area (Å²) in [5.74, 6) is 0.413. The van der Waals surface area contributed by atoms with Crippen molar-refractivity contribution in [3.63, 3.8) is 0 Å². The van der Waals surface area contributed by atoms with Gasteiger partial charge in [-0.25, -0.2) is 4.98 Å². The molecule has 1 amide bonds. The van der Waals surface area contributed by atoms with E-state index in [9.17, 15) is 9.59 Å². The molecule has 1 fully saturated rings. The number of nitrogens with zero attached hydrogens (tertiary/aromatic N) is 3. The number of thioether (sulfide) groups is 1. The van der Waals surface area contributed by atoms with Crippen molar-refractivity contribution in [2.75, 3.05) is 18.4 Å². The molecule has 8 heteroatoms. The van der Waals surface area contributed by atoms with Gasteiger partial charge >= 0.3 is 0 Å². The van der Waals surface area contributed by atoms with Gasteiger partial charge in [-0.1, -0.05) is 115 Å². The minimum atomic E-state index is -0.184. The first-order chi connectivity index (χ1) is 18.5. The Bertz CT molecular complexity index is 1170. The molecule has 1 N–H and O–H groups in total. The summed E-state index contributed by atoms with van der Waals surface area (Å²) >= 11 is 6.83. The van der Waals surface area contributed by atoms with E-state index in [1.165, 1.54) is 63.1 Å². The Hall–Kier alpha value is -2.19. The van der Waals surface area contributed by atoms with Crippen molar-refractivity contribution < 1.29 is 4.79 Å². The number of pyridine rings is 1. The van der Waals surface area contributed by atoms with Crippen molar-refractivity contribution in [3.8, 4) is 0 Å². The predicted molar refractivity (Wildman–Crippen MR) is 166 cm³/mol. The van der Waals surface area contributed by atoms with E-state index < -0.39 is 0 Å². The molecule has 0 spiro atoms. The Morgan fingerprint density at radius 2 is 1.55 bits per heavy atom. The molecule has 0 atom stereocenters. The molecule has 0 aromatic carbocycles. The first-order valence-electron chi connectivity index (χ1n) is 14.5. The molecule has 2 aromatic heterocycles. The van der Waals surface area contributed by atoms with Crippen LogP contribution in [-0.4, -0.2) is 37.6 Å². The molecule has 2 aromatic rings. The summed E-state index contributed by atoms with van der Waals surface area (Å²) in [7, 11) is 0. The summed E-state index contributed by atoms with van der Waals surface area (Å²) in [6.07, 6.45) is 19.2. The molecule has 3 rings (SSSR count). The summed E-state index contributed by atoms with van der Waals surface area (Å²) < 4.78 is 2.13. The van der Waals surface area contributed by atoms with Crippen LogP contribution >= 0.6 is 24.0 Å². The third-order valence-electron chi connectivity index (χ3n) is 6.96. The normalized spacial score (nSPS) is 14.8. The maximum Gasteiger partial charge on any atom is 0.267 e. The first kappa shape index (κ1) is 30.4. The van der Waals surface area contributed by atoms with Crippen LogP contribution in [0.15, 0.2) is 28.0 Å². The van der Waals surface area contributed by atoms with Crippen LogP contribution in [0.3, 0.4) is 0 Å². The maximum absolute atomic E-state index is 13.5. The van der Waals surface area contributed by atoms with Crippen molar-refractivity contribution in [1.29, 1.82) is 0 Å². The first-order valence-corrected chi connectivity index (χ1v) is 15.7. The van der Waals surface area contributed by atoms with E-state index in [0.717, 1.165) is 44.2 Å². The van der Waals surface area contributed by atoms with Crippen LogP contribution in [0.5, 0.6) is 0 Å². The number of amides is 1. The molecule has 0 bridgehead atoms. The second-order valence-corrected chi connectivity index (χ2v) is 11.9. The standard InChI is InChI=1S/C30H44N4O2S2/c1-4-6-8-9-10-11-12-13-14-16-20-33-29(36)25(38-30(33)37)21-24-27(31-19-15-7-5-2)32-26-18-17-23(3)22-34(26)28(24)35/h17-18,21-22,31H,4-16,19-20H2,1-3H3/b25-21+. The molecule has 1 saturated heterocycles. The zero-order valence-corrected chi connectivity index (χ0v) is 25.0. The highest BCUT2D eigenvalue weighted by molar-refractivity contribution is 8.26. The van der Waals surface area contributed by atoms with Gasteiger partial charge in [-0.15, -0.1) is 0 Å². The van der Waals surface area contributed by atoms with Crippen molar-refractivity contribution in [1.82, 2.24) is 14.3 Å². The van der Waals surface area contributed by atoms with E-state index in [1.54, 1.807) is 21.6 Å². The lowest BCUT2D eigenvalue weighted by Crippen LogP contribution is -2.29. The van der Waals surface area contributed by atoms with Gasteiger partial charge in [-0.05, 0) is 37.5 Å². The third-order valence-corrected chi connectivity index (χ3v) is 8.34. The Balaban J connectivity index is 1.65. The fraction of sp³-hybridized carbons (Fsp3) is 0.600. The lowest BCUT2D eigenvalue weighted by Gasteiger charge is -2.14. The summed E-state index contributed by atoms with van der Waals surface area (Å²) in [5.41, 5.74) is 1.78. The number of hydrogen-bond donors (Lipinski definition) is 1. The van der Waals surface area contributed by atoms with Crippen molar-refractivity contribution in [2.45, 2.75) is 104 Å². The van der Waals surface area contributed by atoms with Gasteiger partial charge in [0.1, 0.15) is 15.8 Å². The van der Waals surface area contributed by atoms with Crippen molar-refractivity contribution >= 4 is 51.7 Å². The van der Waals surface area contributed by atoms with Crippen LogP contribution in [0.1, 0.15) is 108 Å². The van der Waals surface area contributed by atoms with Gasteiger partial charge in [0.25, 0.3) is 11.5 Å². The number of unbranched alkanes of at least 4 members (excludes halogenated alkanes) is 11. The monoisotopic (exact) mass is 556 g/mol. The number of rotatable bonds is 17. The Morgan fingerprint density at radius 3 is 2.24 bits per heavy atom. The quantitative estimate of drug-likeness (QED) is 0.122. The van der Waals surface area contributed by atoms with E-state index in [0.29, 0.717) is 32.8 Å². The zero-order valence-electron chi connectivity index (χ0n) is 23.4. The van der Waals surface area contributed by atoms with Crippen LogP contribution < -0.4 is 10.9 Å². The molecule has 0 saturated carbocycles. The molecular weight excluding hydrogens is 512 g/mol. The van der Waals surface area contributed by atoms with Crippen molar-refractivity contribution in [3.05, 3.63) is 44.7 Å². The molecule has 0 unspecified atom stereocenters. The number of hydrogen-bond acceptors (Lipinski definition) is 6. The lowest BCUT2D eigenvalue weighted by molar-refractivity contribution is -0.122. The number of nitrogens with one attached hydrogen (secondary N) is 1. The minimum Gasteiger partial charge on any atom is -0.369 e. The Labute approximate surface area is 237 Å². The van der Waals surface area contributed by atoms with Gasteiger partial charge in [-0.3, -0.25) is 18.9 Å². The molecule has 1 aliphatic heterocycles. The zero-order chi connectivity index (χ0) is 27.3. The lowest BCUT2D eigenvalue weighted by atomic mass is 10.1. The predicted octanol–water partition coefficient (Wildman–Crippen LogP) is 7.73. The minimum absolute atomic E-state index is 0.110. The molecule has 0 radical (unpaired) electrons. The highest BCUT2D eigenvalue weighted by atomic mass is 32.2. The smallest absolute Gasteiger partial charge is 0.267 e. The fourth-order valence-corrected chi connectivity index (χ4v) is 5.98. The van der Waals surface area contributed by atoms with E-state index in [1.807, 2.05) is 19.1 Å². The Morgan fingerprint density at radius 1 is 0.921 bits per heavy atom. The number of carbonyl (C=O) groups excluding carboxylic acids is 1. The van der Waals surface area contributed by atoms with Gasteiger partial charge < -0.3 is 5.32 Å². The average molecular weight is 557 g/mol. The summed E-state index contributed by atoms with van der Waals surface area (Å²) in [4.78, 5) is 33.7. The van der Waals surface area contributed by atoms with E-state index in [-0.39, 0.29) is 11.5 Å². The highest BCUT2D eigenvalue weighted by Crippen LogP contribution is 2.33. The summed E-state index contributed by atoms with van der Waals surface area (Å²) in [5, 5.41) is 3.34.